The van der Waals surface area contributed by atoms with E-state index in [9.17, 15) is 0 Å². The average molecular weight is 247 g/mol. The van der Waals surface area contributed by atoms with Gasteiger partial charge in [0.05, 0.1) is 6.20 Å². The lowest BCUT2D eigenvalue weighted by Crippen LogP contribution is -1.98. The van der Waals surface area contributed by atoms with Crippen molar-refractivity contribution in [3.63, 3.8) is 0 Å². The van der Waals surface area contributed by atoms with Gasteiger partial charge in [-0.25, -0.2) is 4.98 Å². The van der Waals surface area contributed by atoms with Crippen LogP contribution in [0, 0.1) is 5.92 Å². The van der Waals surface area contributed by atoms with Crippen LogP contribution < -0.4 is 0 Å². The number of hydrogen-bond acceptors (Lipinski definition) is 3. The summed E-state index contributed by atoms with van der Waals surface area (Å²) in [5.41, 5.74) is 0. The maximum Gasteiger partial charge on any atom is 0.114 e. The van der Waals surface area contributed by atoms with Crippen molar-refractivity contribution >= 4 is 27.7 Å². The molecule has 66 valence electrons. The number of alkyl halides is 1. The first-order valence-electron chi connectivity index (χ1n) is 3.77. The van der Waals surface area contributed by atoms with E-state index >= 15 is 0 Å². The van der Waals surface area contributed by atoms with Crippen molar-refractivity contribution in [3.8, 4) is 0 Å². The van der Waals surface area contributed by atoms with Crippen LogP contribution in [0.1, 0.15) is 6.92 Å². The van der Waals surface area contributed by atoms with Gasteiger partial charge in [-0.2, -0.15) is 0 Å². The third kappa shape index (κ3) is 3.54. The van der Waals surface area contributed by atoms with E-state index in [1.54, 1.807) is 30.4 Å². The molecular weight excluding hydrogens is 236 g/mol. The molecule has 0 aliphatic rings. The van der Waals surface area contributed by atoms with E-state index in [-0.39, 0.29) is 0 Å². The molecule has 0 saturated carbocycles. The summed E-state index contributed by atoms with van der Waals surface area (Å²) in [7, 11) is 0. The Hall–Kier alpha value is -0.0900. The van der Waals surface area contributed by atoms with Gasteiger partial charge < -0.3 is 0 Å². The summed E-state index contributed by atoms with van der Waals surface area (Å²) in [5.74, 6) is 1.77. The van der Waals surface area contributed by atoms with Gasteiger partial charge in [0.25, 0.3) is 0 Å². The van der Waals surface area contributed by atoms with Crippen LogP contribution in [0.5, 0.6) is 0 Å². The lowest BCUT2D eigenvalue weighted by atomic mass is 10.3. The minimum Gasteiger partial charge on any atom is -0.260 e. The zero-order valence-electron chi connectivity index (χ0n) is 6.90. The first kappa shape index (κ1) is 9.99. The second-order valence-electron chi connectivity index (χ2n) is 2.61. The average Bonchev–Trinajstić information content (AvgIpc) is 2.16. The van der Waals surface area contributed by atoms with Gasteiger partial charge in [-0.15, -0.1) is 11.8 Å². The molecule has 1 rings (SSSR count). The van der Waals surface area contributed by atoms with E-state index in [4.69, 9.17) is 0 Å². The molecule has 1 aromatic heterocycles. The fourth-order valence-corrected chi connectivity index (χ4v) is 2.01. The molecule has 0 amide bonds. The van der Waals surface area contributed by atoms with Gasteiger partial charge in [-0.05, 0) is 5.92 Å². The zero-order chi connectivity index (χ0) is 8.81. The van der Waals surface area contributed by atoms with E-state index in [2.05, 4.69) is 32.8 Å². The third-order valence-electron chi connectivity index (χ3n) is 1.32. The Morgan fingerprint density at radius 3 is 3.00 bits per heavy atom. The van der Waals surface area contributed by atoms with Crippen LogP contribution >= 0.6 is 27.7 Å². The Bertz CT molecular complexity index is 218. The molecular formula is C8H11BrN2S. The topological polar surface area (TPSA) is 25.8 Å². The van der Waals surface area contributed by atoms with Crippen molar-refractivity contribution in [1.29, 1.82) is 0 Å². The minimum absolute atomic E-state index is 0.678. The van der Waals surface area contributed by atoms with E-state index in [1.165, 1.54) is 0 Å². The SMILES string of the molecule is CC(CBr)CSc1cnccn1. The molecule has 1 aromatic rings. The number of aromatic nitrogens is 2. The molecule has 0 saturated heterocycles. The van der Waals surface area contributed by atoms with Crippen LogP contribution in [0.15, 0.2) is 23.6 Å². The Morgan fingerprint density at radius 1 is 1.58 bits per heavy atom. The molecule has 4 heteroatoms. The summed E-state index contributed by atoms with van der Waals surface area (Å²) in [6, 6.07) is 0. The summed E-state index contributed by atoms with van der Waals surface area (Å²) in [4.78, 5) is 8.16. The highest BCUT2D eigenvalue weighted by Crippen LogP contribution is 2.17. The lowest BCUT2D eigenvalue weighted by Gasteiger charge is -2.04. The van der Waals surface area contributed by atoms with E-state index in [0.717, 1.165) is 16.1 Å². The number of hydrogen-bond donors (Lipinski definition) is 0. The standard InChI is InChI=1S/C8H11BrN2S/c1-7(4-9)6-12-8-5-10-2-3-11-8/h2-3,5,7H,4,6H2,1H3. The van der Waals surface area contributed by atoms with Crippen molar-refractivity contribution in [2.24, 2.45) is 5.92 Å². The highest BCUT2D eigenvalue weighted by molar-refractivity contribution is 9.09. The van der Waals surface area contributed by atoms with Crippen molar-refractivity contribution in [2.45, 2.75) is 11.9 Å². The molecule has 0 spiro atoms. The third-order valence-corrected chi connectivity index (χ3v) is 3.67. The van der Waals surface area contributed by atoms with Crippen LogP contribution in [0.2, 0.25) is 0 Å². The Labute approximate surface area is 85.3 Å². The smallest absolute Gasteiger partial charge is 0.114 e. The maximum absolute atomic E-state index is 4.17. The van der Waals surface area contributed by atoms with Crippen LogP contribution in [-0.4, -0.2) is 21.1 Å². The molecule has 1 unspecified atom stereocenters. The number of thioether (sulfide) groups is 1. The molecule has 0 aliphatic heterocycles. The number of halogens is 1. The van der Waals surface area contributed by atoms with Gasteiger partial charge in [-0.3, -0.25) is 4.98 Å². The van der Waals surface area contributed by atoms with Gasteiger partial charge in [-0.1, -0.05) is 22.9 Å². The van der Waals surface area contributed by atoms with Gasteiger partial charge in [0.1, 0.15) is 5.03 Å². The molecule has 0 N–H and O–H groups in total. The van der Waals surface area contributed by atoms with Crippen molar-refractivity contribution in [2.75, 3.05) is 11.1 Å². The van der Waals surface area contributed by atoms with E-state index in [1.807, 2.05) is 0 Å². The zero-order valence-corrected chi connectivity index (χ0v) is 9.31. The minimum atomic E-state index is 0.678. The Morgan fingerprint density at radius 2 is 2.42 bits per heavy atom. The maximum atomic E-state index is 4.17. The van der Waals surface area contributed by atoms with Crippen molar-refractivity contribution < 1.29 is 0 Å². The molecule has 0 aromatic carbocycles. The first-order chi connectivity index (χ1) is 5.83. The monoisotopic (exact) mass is 246 g/mol. The molecule has 0 bridgehead atoms. The predicted molar refractivity (Wildman–Crippen MR) is 55.7 cm³/mol. The van der Waals surface area contributed by atoms with E-state index < -0.39 is 0 Å². The van der Waals surface area contributed by atoms with Gasteiger partial charge >= 0.3 is 0 Å². The van der Waals surface area contributed by atoms with Crippen LogP contribution in [-0.2, 0) is 0 Å². The summed E-state index contributed by atoms with van der Waals surface area (Å²) >= 11 is 5.19. The first-order valence-corrected chi connectivity index (χ1v) is 5.88. The molecule has 1 heterocycles. The second kappa shape index (κ2) is 5.54. The Balaban J connectivity index is 2.33. The van der Waals surface area contributed by atoms with Crippen LogP contribution in [0.4, 0.5) is 0 Å². The number of rotatable bonds is 4. The van der Waals surface area contributed by atoms with Gasteiger partial charge in [0.2, 0.25) is 0 Å². The quantitative estimate of drug-likeness (QED) is 0.604. The molecule has 2 nitrogen and oxygen atoms in total. The van der Waals surface area contributed by atoms with E-state index in [0.29, 0.717) is 5.92 Å². The van der Waals surface area contributed by atoms with Gasteiger partial charge in [0, 0.05) is 23.5 Å². The molecule has 0 aliphatic carbocycles. The van der Waals surface area contributed by atoms with Crippen molar-refractivity contribution in [3.05, 3.63) is 18.6 Å². The summed E-state index contributed by atoms with van der Waals surface area (Å²) < 4.78 is 0. The van der Waals surface area contributed by atoms with Gasteiger partial charge in [0.15, 0.2) is 0 Å². The van der Waals surface area contributed by atoms with Crippen LogP contribution in [0.3, 0.4) is 0 Å². The lowest BCUT2D eigenvalue weighted by molar-refractivity contribution is 0.769. The largest absolute Gasteiger partial charge is 0.260 e. The fraction of sp³-hybridized carbons (Fsp3) is 0.500. The summed E-state index contributed by atoms with van der Waals surface area (Å²) in [5, 5.41) is 2.05. The molecule has 12 heavy (non-hydrogen) atoms. The predicted octanol–water partition coefficient (Wildman–Crippen LogP) is 2.60. The normalized spacial score (nSPS) is 12.8. The molecule has 0 radical (unpaired) electrons. The summed E-state index contributed by atoms with van der Waals surface area (Å²) in [6.45, 7) is 2.21. The fourth-order valence-electron chi connectivity index (χ4n) is 0.632. The second-order valence-corrected chi connectivity index (χ2v) is 4.30. The summed E-state index contributed by atoms with van der Waals surface area (Å²) in [6.07, 6.45) is 5.21. The molecule has 0 fully saturated rings. The van der Waals surface area contributed by atoms with Crippen LogP contribution in [0.25, 0.3) is 0 Å². The molecule has 1 atom stereocenters. The highest BCUT2D eigenvalue weighted by atomic mass is 79.9. The number of nitrogens with zero attached hydrogens (tertiary/aromatic N) is 2. The van der Waals surface area contributed by atoms with Crippen molar-refractivity contribution in [1.82, 2.24) is 9.97 Å². The highest BCUT2D eigenvalue weighted by Gasteiger charge is 2.01. The Kier molecular flexibility index (Phi) is 4.61.